The fraction of sp³-hybridized carbons (Fsp3) is 0.474. The van der Waals surface area contributed by atoms with E-state index in [1.54, 1.807) is 17.1 Å². The number of carbonyl (C=O) groups is 1. The Labute approximate surface area is 152 Å². The molecule has 0 spiro atoms. The Bertz CT molecular complexity index is 884. The highest BCUT2D eigenvalue weighted by molar-refractivity contribution is 5.83. The monoisotopic (exact) mass is 350 g/mol. The van der Waals surface area contributed by atoms with Gasteiger partial charge in [-0.15, -0.1) is 0 Å². The summed E-state index contributed by atoms with van der Waals surface area (Å²) in [6, 6.07) is 2.53. The van der Waals surface area contributed by atoms with Gasteiger partial charge in [0.1, 0.15) is 0 Å². The van der Waals surface area contributed by atoms with Crippen LogP contribution in [0, 0.1) is 5.92 Å². The fourth-order valence-electron chi connectivity index (χ4n) is 4.12. The molecule has 1 amide bonds. The molecule has 2 atom stereocenters. The molecule has 2 aromatic heterocycles. The average Bonchev–Trinajstić information content (AvgIpc) is 3.36. The van der Waals surface area contributed by atoms with Gasteiger partial charge in [0.05, 0.1) is 23.6 Å². The third-order valence-corrected chi connectivity index (χ3v) is 5.52. The first-order valence-electron chi connectivity index (χ1n) is 9.29. The number of nitrogens with zero attached hydrogens (tertiary/aromatic N) is 5. The van der Waals surface area contributed by atoms with Crippen LogP contribution in [0.5, 0.6) is 0 Å². The number of hydrogen-bond donors (Lipinski definition) is 1. The molecular formula is C19H22N6O. The van der Waals surface area contributed by atoms with Crippen molar-refractivity contribution in [3.63, 3.8) is 0 Å². The van der Waals surface area contributed by atoms with Gasteiger partial charge in [-0.3, -0.25) is 9.48 Å². The average molecular weight is 350 g/mol. The summed E-state index contributed by atoms with van der Waals surface area (Å²) in [6.07, 6.45) is 12.9. The third-order valence-electron chi connectivity index (χ3n) is 5.52. The molecule has 1 saturated carbocycles. The molecular weight excluding hydrogens is 328 g/mol. The predicted octanol–water partition coefficient (Wildman–Crippen LogP) is 2.51. The van der Waals surface area contributed by atoms with Crippen molar-refractivity contribution in [2.75, 3.05) is 5.32 Å². The highest BCUT2D eigenvalue weighted by atomic mass is 16.2. The molecule has 1 N–H and O–H groups in total. The van der Waals surface area contributed by atoms with E-state index in [0.29, 0.717) is 23.8 Å². The summed E-state index contributed by atoms with van der Waals surface area (Å²) >= 11 is 0. The number of nitrogens with one attached hydrogen (secondary N) is 1. The van der Waals surface area contributed by atoms with Gasteiger partial charge in [-0.2, -0.15) is 5.10 Å². The molecule has 5 rings (SSSR count). The van der Waals surface area contributed by atoms with E-state index in [9.17, 15) is 4.79 Å². The standard InChI is InChI=1S/C19H22N6O/c1-24-11-14(10-21-24)22-19-20-7-6-17(23-19)13-8-15-4-5-16(9-13)25(15)18(26)12-2-3-12/h6-8,10-12,15-16H,2-5,9H2,1H3,(H,20,22,23). The van der Waals surface area contributed by atoms with Gasteiger partial charge in [-0.05, 0) is 43.7 Å². The van der Waals surface area contributed by atoms with Crippen molar-refractivity contribution in [2.24, 2.45) is 13.0 Å². The van der Waals surface area contributed by atoms with Gasteiger partial charge in [-0.25, -0.2) is 9.97 Å². The second-order valence-corrected chi connectivity index (χ2v) is 7.51. The molecule has 0 radical (unpaired) electrons. The van der Waals surface area contributed by atoms with Gasteiger partial charge < -0.3 is 10.2 Å². The molecule has 4 heterocycles. The Balaban J connectivity index is 1.38. The molecule has 2 aliphatic heterocycles. The summed E-state index contributed by atoms with van der Waals surface area (Å²) in [5, 5.41) is 7.34. The summed E-state index contributed by atoms with van der Waals surface area (Å²) in [7, 11) is 1.87. The molecule has 2 unspecified atom stereocenters. The first-order valence-corrected chi connectivity index (χ1v) is 9.29. The van der Waals surface area contributed by atoms with Crippen LogP contribution < -0.4 is 5.32 Å². The van der Waals surface area contributed by atoms with E-state index in [4.69, 9.17) is 0 Å². The van der Waals surface area contributed by atoms with Crippen molar-refractivity contribution < 1.29 is 4.79 Å². The summed E-state index contributed by atoms with van der Waals surface area (Å²) in [5.74, 6) is 1.23. The second kappa shape index (κ2) is 5.93. The van der Waals surface area contributed by atoms with Crippen LogP contribution in [-0.2, 0) is 11.8 Å². The number of amides is 1. The molecule has 1 saturated heterocycles. The summed E-state index contributed by atoms with van der Waals surface area (Å²) in [6.45, 7) is 0. The second-order valence-electron chi connectivity index (χ2n) is 7.51. The highest BCUT2D eigenvalue weighted by Crippen LogP contribution is 2.42. The van der Waals surface area contributed by atoms with Crippen LogP contribution >= 0.6 is 0 Å². The van der Waals surface area contributed by atoms with E-state index >= 15 is 0 Å². The van der Waals surface area contributed by atoms with E-state index in [2.05, 4.69) is 31.4 Å². The van der Waals surface area contributed by atoms with Gasteiger partial charge in [0.15, 0.2) is 0 Å². The van der Waals surface area contributed by atoms with Crippen LogP contribution in [0.15, 0.2) is 30.7 Å². The van der Waals surface area contributed by atoms with Crippen molar-refractivity contribution in [1.82, 2.24) is 24.6 Å². The smallest absolute Gasteiger partial charge is 0.227 e. The third kappa shape index (κ3) is 2.77. The largest absolute Gasteiger partial charge is 0.333 e. The minimum atomic E-state index is 0.238. The molecule has 26 heavy (non-hydrogen) atoms. The number of aromatic nitrogens is 4. The van der Waals surface area contributed by atoms with Crippen LogP contribution in [0.4, 0.5) is 11.6 Å². The zero-order valence-corrected chi connectivity index (χ0v) is 14.8. The normalized spacial score (nSPS) is 24.5. The maximum Gasteiger partial charge on any atom is 0.227 e. The molecule has 1 aliphatic carbocycles. The lowest BCUT2D eigenvalue weighted by Crippen LogP contribution is -2.43. The maximum atomic E-state index is 12.6. The Kier molecular flexibility index (Phi) is 3.55. The van der Waals surface area contributed by atoms with Crippen LogP contribution in [-0.4, -0.2) is 42.6 Å². The van der Waals surface area contributed by atoms with E-state index < -0.39 is 0 Å². The Morgan fingerprint density at radius 2 is 2.15 bits per heavy atom. The maximum absolute atomic E-state index is 12.6. The van der Waals surface area contributed by atoms with Gasteiger partial charge in [0.2, 0.25) is 11.9 Å². The number of hydrogen-bond acceptors (Lipinski definition) is 5. The van der Waals surface area contributed by atoms with Crippen molar-refractivity contribution in [1.29, 1.82) is 0 Å². The zero-order chi connectivity index (χ0) is 17.7. The van der Waals surface area contributed by atoms with Gasteiger partial charge in [0.25, 0.3) is 0 Å². The minimum absolute atomic E-state index is 0.238. The van der Waals surface area contributed by atoms with Crippen LogP contribution in [0.3, 0.4) is 0 Å². The molecule has 2 aromatic rings. The summed E-state index contributed by atoms with van der Waals surface area (Å²) in [4.78, 5) is 23.7. The first kappa shape index (κ1) is 15.5. The van der Waals surface area contributed by atoms with E-state index in [-0.39, 0.29) is 6.04 Å². The molecule has 3 aliphatic rings. The molecule has 0 aromatic carbocycles. The van der Waals surface area contributed by atoms with Crippen molar-refractivity contribution >= 4 is 23.1 Å². The van der Waals surface area contributed by atoms with Crippen LogP contribution in [0.25, 0.3) is 5.57 Å². The van der Waals surface area contributed by atoms with Gasteiger partial charge >= 0.3 is 0 Å². The number of fused-ring (bicyclic) bond motifs is 2. The molecule has 7 heteroatoms. The van der Waals surface area contributed by atoms with Crippen molar-refractivity contribution in [3.05, 3.63) is 36.4 Å². The molecule has 134 valence electrons. The quantitative estimate of drug-likeness (QED) is 0.917. The first-order chi connectivity index (χ1) is 12.7. The SMILES string of the molecule is Cn1cc(Nc2nccc(C3=CC4CCC(C3)N4C(=O)C3CC3)n2)cn1. The summed E-state index contributed by atoms with van der Waals surface area (Å²) in [5.41, 5.74) is 3.04. The zero-order valence-electron chi connectivity index (χ0n) is 14.8. The lowest BCUT2D eigenvalue weighted by Gasteiger charge is -2.34. The topological polar surface area (TPSA) is 75.9 Å². The molecule has 2 bridgehead atoms. The lowest BCUT2D eigenvalue weighted by atomic mass is 9.98. The van der Waals surface area contributed by atoms with E-state index in [0.717, 1.165) is 43.5 Å². The Hall–Kier alpha value is -2.70. The van der Waals surface area contributed by atoms with E-state index in [1.165, 1.54) is 5.57 Å². The minimum Gasteiger partial charge on any atom is -0.333 e. The lowest BCUT2D eigenvalue weighted by molar-refractivity contribution is -0.134. The summed E-state index contributed by atoms with van der Waals surface area (Å²) < 4.78 is 1.74. The van der Waals surface area contributed by atoms with Gasteiger partial charge in [0, 0.05) is 31.4 Å². The highest BCUT2D eigenvalue weighted by Gasteiger charge is 2.44. The van der Waals surface area contributed by atoms with Crippen LogP contribution in [0.2, 0.25) is 0 Å². The fourth-order valence-corrected chi connectivity index (χ4v) is 4.12. The van der Waals surface area contributed by atoms with E-state index in [1.807, 2.05) is 19.3 Å². The van der Waals surface area contributed by atoms with Crippen molar-refractivity contribution in [2.45, 2.75) is 44.2 Å². The number of anilines is 2. The van der Waals surface area contributed by atoms with Gasteiger partial charge in [-0.1, -0.05) is 6.08 Å². The molecule has 7 nitrogen and oxygen atoms in total. The number of aryl methyl sites for hydroxylation is 1. The predicted molar refractivity (Wildman–Crippen MR) is 97.5 cm³/mol. The Morgan fingerprint density at radius 1 is 1.27 bits per heavy atom. The Morgan fingerprint density at radius 3 is 2.88 bits per heavy atom. The molecule has 2 fully saturated rings. The number of rotatable bonds is 4. The van der Waals surface area contributed by atoms with Crippen LogP contribution in [0.1, 0.15) is 37.8 Å². The van der Waals surface area contributed by atoms with Crippen molar-refractivity contribution in [3.8, 4) is 0 Å². The number of carbonyl (C=O) groups excluding carboxylic acids is 1.